The average Bonchev–Trinajstić information content (AvgIpc) is 2.67. The van der Waals surface area contributed by atoms with E-state index in [9.17, 15) is 12.8 Å². The lowest BCUT2D eigenvalue weighted by Gasteiger charge is -2.08. The van der Waals surface area contributed by atoms with E-state index in [0.717, 1.165) is 0 Å². The Bertz CT molecular complexity index is 677. The molecule has 1 aromatic carbocycles. The van der Waals surface area contributed by atoms with Crippen LogP contribution < -0.4 is 10.5 Å². The first kappa shape index (κ1) is 13.5. The van der Waals surface area contributed by atoms with Crippen LogP contribution in [0.4, 0.5) is 10.2 Å². The Morgan fingerprint density at radius 1 is 1.47 bits per heavy atom. The van der Waals surface area contributed by atoms with Crippen molar-refractivity contribution in [3.05, 3.63) is 42.0 Å². The summed E-state index contributed by atoms with van der Waals surface area (Å²) in [6.45, 7) is -0.0231. The smallest absolute Gasteiger partial charge is 0.260 e. The Morgan fingerprint density at radius 2 is 2.21 bits per heavy atom. The van der Waals surface area contributed by atoms with Crippen molar-refractivity contribution >= 4 is 15.8 Å². The van der Waals surface area contributed by atoms with Crippen molar-refractivity contribution in [1.82, 2.24) is 14.3 Å². The molecule has 0 bridgehead atoms. The number of sulfonamides is 1. The van der Waals surface area contributed by atoms with Gasteiger partial charge >= 0.3 is 0 Å². The quantitative estimate of drug-likeness (QED) is 0.861. The normalized spacial score (nSPS) is 11.7. The molecule has 0 radical (unpaired) electrons. The third-order valence-corrected chi connectivity index (χ3v) is 4.05. The molecule has 8 heteroatoms. The van der Waals surface area contributed by atoms with E-state index in [0.29, 0.717) is 5.56 Å². The molecule has 6 nitrogen and oxygen atoms in total. The minimum Gasteiger partial charge on any atom is -0.381 e. The summed E-state index contributed by atoms with van der Waals surface area (Å²) in [7, 11) is -2.26. The molecule has 2 aromatic rings. The molecule has 0 aliphatic carbocycles. The highest BCUT2D eigenvalue weighted by molar-refractivity contribution is 7.89. The Balaban J connectivity index is 2.19. The average molecular weight is 284 g/mol. The van der Waals surface area contributed by atoms with Gasteiger partial charge in [0.2, 0.25) is 0 Å². The standard InChI is InChI=1S/C11H13FN4O2S/c1-16-7-14-10(13)11(16)19(17,18)15-6-8-3-2-4-9(12)5-8/h2-5,7,15H,6,13H2,1H3. The number of imidazole rings is 1. The highest BCUT2D eigenvalue weighted by atomic mass is 32.2. The monoisotopic (exact) mass is 284 g/mol. The zero-order valence-electron chi connectivity index (χ0n) is 10.2. The lowest BCUT2D eigenvalue weighted by molar-refractivity contribution is 0.571. The molecule has 0 saturated heterocycles. The number of benzene rings is 1. The van der Waals surface area contributed by atoms with Gasteiger partial charge in [-0.25, -0.2) is 22.5 Å². The fourth-order valence-corrected chi connectivity index (χ4v) is 2.91. The van der Waals surface area contributed by atoms with E-state index >= 15 is 0 Å². The molecule has 0 aliphatic rings. The van der Waals surface area contributed by atoms with Crippen molar-refractivity contribution in [2.75, 3.05) is 5.73 Å². The fraction of sp³-hybridized carbons (Fsp3) is 0.182. The first-order chi connectivity index (χ1) is 8.90. The number of hydrogen-bond donors (Lipinski definition) is 2. The summed E-state index contributed by atoms with van der Waals surface area (Å²) < 4.78 is 40.7. The molecule has 0 atom stereocenters. The lowest BCUT2D eigenvalue weighted by Crippen LogP contribution is -2.26. The first-order valence-electron chi connectivity index (χ1n) is 5.41. The van der Waals surface area contributed by atoms with Gasteiger partial charge in [-0.3, -0.25) is 0 Å². The minimum absolute atomic E-state index is 0.0231. The van der Waals surface area contributed by atoms with Crippen LogP contribution in [0.5, 0.6) is 0 Å². The topological polar surface area (TPSA) is 90.0 Å². The number of nitrogen functional groups attached to an aromatic ring is 1. The second-order valence-electron chi connectivity index (χ2n) is 4.00. The molecule has 1 heterocycles. The molecule has 102 valence electrons. The third kappa shape index (κ3) is 2.91. The molecule has 19 heavy (non-hydrogen) atoms. The van der Waals surface area contributed by atoms with E-state index in [-0.39, 0.29) is 17.4 Å². The van der Waals surface area contributed by atoms with Crippen LogP contribution in [-0.2, 0) is 23.6 Å². The predicted molar refractivity (Wildman–Crippen MR) is 68.0 cm³/mol. The molecular weight excluding hydrogens is 271 g/mol. The van der Waals surface area contributed by atoms with Gasteiger partial charge in [-0.1, -0.05) is 12.1 Å². The van der Waals surface area contributed by atoms with E-state index < -0.39 is 15.8 Å². The number of anilines is 1. The van der Waals surface area contributed by atoms with Crippen LogP contribution in [0.3, 0.4) is 0 Å². The van der Waals surface area contributed by atoms with Crippen molar-refractivity contribution in [2.24, 2.45) is 7.05 Å². The van der Waals surface area contributed by atoms with Crippen molar-refractivity contribution < 1.29 is 12.8 Å². The molecule has 0 fully saturated rings. The maximum Gasteiger partial charge on any atom is 0.260 e. The number of halogens is 1. The second-order valence-corrected chi connectivity index (χ2v) is 5.68. The van der Waals surface area contributed by atoms with Crippen LogP contribution in [0.2, 0.25) is 0 Å². The lowest BCUT2D eigenvalue weighted by atomic mass is 10.2. The molecule has 0 amide bonds. The zero-order chi connectivity index (χ0) is 14.0. The van der Waals surface area contributed by atoms with E-state index in [2.05, 4.69) is 9.71 Å². The summed E-state index contributed by atoms with van der Waals surface area (Å²) in [5.74, 6) is -0.494. The molecule has 1 aromatic heterocycles. The van der Waals surface area contributed by atoms with E-state index in [4.69, 9.17) is 5.73 Å². The summed E-state index contributed by atoms with van der Waals surface area (Å²) in [6.07, 6.45) is 1.31. The molecule has 0 spiro atoms. The largest absolute Gasteiger partial charge is 0.381 e. The van der Waals surface area contributed by atoms with E-state index in [1.54, 1.807) is 6.07 Å². The van der Waals surface area contributed by atoms with Crippen molar-refractivity contribution in [1.29, 1.82) is 0 Å². The molecular formula is C11H13FN4O2S. The fourth-order valence-electron chi connectivity index (χ4n) is 1.66. The van der Waals surface area contributed by atoms with Crippen LogP contribution in [0.1, 0.15) is 5.56 Å². The summed E-state index contributed by atoms with van der Waals surface area (Å²) in [5.41, 5.74) is 6.03. The van der Waals surface area contributed by atoms with Gasteiger partial charge in [-0.05, 0) is 17.7 Å². The first-order valence-corrected chi connectivity index (χ1v) is 6.89. The maximum atomic E-state index is 13.0. The van der Waals surface area contributed by atoms with Gasteiger partial charge in [-0.2, -0.15) is 0 Å². The summed E-state index contributed by atoms with van der Waals surface area (Å²) in [6, 6.07) is 5.68. The van der Waals surface area contributed by atoms with Crippen molar-refractivity contribution in [3.8, 4) is 0 Å². The highest BCUT2D eigenvalue weighted by Gasteiger charge is 2.21. The number of rotatable bonds is 4. The Kier molecular flexibility index (Phi) is 3.54. The minimum atomic E-state index is -3.79. The van der Waals surface area contributed by atoms with Crippen molar-refractivity contribution in [3.63, 3.8) is 0 Å². The van der Waals surface area contributed by atoms with Gasteiger partial charge in [-0.15, -0.1) is 0 Å². The number of nitrogens with zero attached hydrogens (tertiary/aromatic N) is 2. The predicted octanol–water partition coefficient (Wildman–Crippen LogP) is 0.620. The van der Waals surface area contributed by atoms with Crippen LogP contribution in [-0.4, -0.2) is 18.0 Å². The van der Waals surface area contributed by atoms with E-state index in [1.807, 2.05) is 0 Å². The zero-order valence-corrected chi connectivity index (χ0v) is 11.0. The number of aryl methyl sites for hydroxylation is 1. The molecule has 0 saturated carbocycles. The molecule has 0 aliphatic heterocycles. The highest BCUT2D eigenvalue weighted by Crippen LogP contribution is 2.15. The van der Waals surface area contributed by atoms with Gasteiger partial charge in [0.1, 0.15) is 5.82 Å². The van der Waals surface area contributed by atoms with Gasteiger partial charge in [0.25, 0.3) is 10.0 Å². The third-order valence-electron chi connectivity index (χ3n) is 2.52. The number of aromatic nitrogens is 2. The molecule has 2 rings (SSSR count). The molecule has 0 unspecified atom stereocenters. The number of nitrogens with one attached hydrogen (secondary N) is 1. The van der Waals surface area contributed by atoms with Gasteiger partial charge in [0.05, 0.1) is 6.33 Å². The summed E-state index contributed by atoms with van der Waals surface area (Å²) >= 11 is 0. The van der Waals surface area contributed by atoms with Crippen LogP contribution >= 0.6 is 0 Å². The molecule has 3 N–H and O–H groups in total. The van der Waals surface area contributed by atoms with Crippen LogP contribution in [0.15, 0.2) is 35.6 Å². The van der Waals surface area contributed by atoms with E-state index in [1.165, 1.54) is 36.1 Å². The number of hydrogen-bond acceptors (Lipinski definition) is 4. The summed E-state index contributed by atoms with van der Waals surface area (Å²) in [5, 5.41) is -0.107. The van der Waals surface area contributed by atoms with Crippen molar-refractivity contribution in [2.45, 2.75) is 11.6 Å². The Labute approximate surface area is 110 Å². The van der Waals surface area contributed by atoms with Gasteiger partial charge < -0.3 is 10.3 Å². The summed E-state index contributed by atoms with van der Waals surface area (Å²) in [4.78, 5) is 3.71. The SMILES string of the molecule is Cn1cnc(N)c1S(=O)(=O)NCc1cccc(F)c1. The van der Waals surface area contributed by atoms with Gasteiger partial charge in [0, 0.05) is 13.6 Å². The van der Waals surface area contributed by atoms with Crippen LogP contribution in [0.25, 0.3) is 0 Å². The Morgan fingerprint density at radius 3 is 2.79 bits per heavy atom. The second kappa shape index (κ2) is 4.98. The Hall–Kier alpha value is -1.93. The number of nitrogens with two attached hydrogens (primary N) is 1. The van der Waals surface area contributed by atoms with Gasteiger partial charge in [0.15, 0.2) is 10.8 Å². The van der Waals surface area contributed by atoms with Crippen LogP contribution in [0, 0.1) is 5.82 Å². The maximum absolute atomic E-state index is 13.0.